The van der Waals surface area contributed by atoms with E-state index in [9.17, 15) is 4.79 Å². The molecule has 108 valence electrons. The third kappa shape index (κ3) is 2.73. The largest absolute Gasteiger partial charge is 0.381 e. The van der Waals surface area contributed by atoms with E-state index in [2.05, 4.69) is 30.4 Å². The normalized spacial score (nSPS) is 24.1. The molecule has 3 heteroatoms. The molecule has 1 aliphatic heterocycles. The van der Waals surface area contributed by atoms with E-state index in [1.807, 2.05) is 6.07 Å². The van der Waals surface area contributed by atoms with Gasteiger partial charge in [0.1, 0.15) is 0 Å². The molecule has 1 aromatic carbocycles. The van der Waals surface area contributed by atoms with Gasteiger partial charge in [-0.25, -0.2) is 0 Å². The first-order chi connectivity index (χ1) is 9.71. The van der Waals surface area contributed by atoms with Gasteiger partial charge < -0.3 is 10.1 Å². The van der Waals surface area contributed by atoms with Crippen molar-refractivity contribution in [3.05, 3.63) is 35.4 Å². The summed E-state index contributed by atoms with van der Waals surface area (Å²) in [5.41, 5.74) is 2.15. The van der Waals surface area contributed by atoms with E-state index in [-0.39, 0.29) is 11.3 Å². The number of rotatable bonds is 4. The summed E-state index contributed by atoms with van der Waals surface area (Å²) in [5.74, 6) is 0.690. The second-order valence-electron chi connectivity index (χ2n) is 6.24. The highest BCUT2D eigenvalue weighted by molar-refractivity contribution is 5.91. The molecule has 1 amide bonds. The van der Waals surface area contributed by atoms with Crippen molar-refractivity contribution in [2.24, 2.45) is 5.92 Å². The molecule has 2 fully saturated rings. The Morgan fingerprint density at radius 2 is 2.30 bits per heavy atom. The molecule has 1 unspecified atom stereocenters. The van der Waals surface area contributed by atoms with Crippen LogP contribution in [0.25, 0.3) is 0 Å². The van der Waals surface area contributed by atoms with Gasteiger partial charge in [-0.1, -0.05) is 29.8 Å². The van der Waals surface area contributed by atoms with E-state index in [4.69, 9.17) is 4.74 Å². The average molecular weight is 273 g/mol. The molecule has 1 heterocycles. The fourth-order valence-electron chi connectivity index (χ4n) is 3.09. The topological polar surface area (TPSA) is 38.3 Å². The zero-order valence-electron chi connectivity index (χ0n) is 12.2. The molecule has 20 heavy (non-hydrogen) atoms. The summed E-state index contributed by atoms with van der Waals surface area (Å²) in [6.07, 6.45) is 4.23. The molecule has 2 aliphatic rings. The highest BCUT2D eigenvalue weighted by atomic mass is 16.5. The van der Waals surface area contributed by atoms with Crippen molar-refractivity contribution in [1.29, 1.82) is 0 Å². The lowest BCUT2D eigenvalue weighted by molar-refractivity contribution is -0.124. The third-order valence-electron chi connectivity index (χ3n) is 4.56. The summed E-state index contributed by atoms with van der Waals surface area (Å²) in [5, 5.41) is 3.15. The monoisotopic (exact) mass is 273 g/mol. The van der Waals surface area contributed by atoms with Gasteiger partial charge in [0.25, 0.3) is 0 Å². The molecule has 0 radical (unpaired) electrons. The zero-order chi connectivity index (χ0) is 14.0. The second-order valence-corrected chi connectivity index (χ2v) is 6.24. The number of hydrogen-bond acceptors (Lipinski definition) is 2. The van der Waals surface area contributed by atoms with Crippen molar-refractivity contribution >= 4 is 5.91 Å². The van der Waals surface area contributed by atoms with Gasteiger partial charge in [0, 0.05) is 13.2 Å². The number of ether oxygens (including phenoxy) is 1. The summed E-state index contributed by atoms with van der Waals surface area (Å²) in [4.78, 5) is 12.5. The van der Waals surface area contributed by atoms with Gasteiger partial charge in [0.05, 0.1) is 12.0 Å². The number of benzene rings is 1. The first-order valence-electron chi connectivity index (χ1n) is 7.64. The Labute approximate surface area is 120 Å². The average Bonchev–Trinajstić information content (AvgIpc) is 3.28. The predicted molar refractivity (Wildman–Crippen MR) is 78.6 cm³/mol. The minimum atomic E-state index is -0.248. The van der Waals surface area contributed by atoms with Crippen LogP contribution in [0.2, 0.25) is 0 Å². The van der Waals surface area contributed by atoms with E-state index in [0.29, 0.717) is 5.92 Å². The van der Waals surface area contributed by atoms with Crippen LogP contribution in [0, 0.1) is 12.8 Å². The lowest BCUT2D eigenvalue weighted by Gasteiger charge is -2.24. The minimum absolute atomic E-state index is 0.202. The summed E-state index contributed by atoms with van der Waals surface area (Å²) < 4.78 is 5.46. The lowest BCUT2D eigenvalue weighted by atomic mass is 9.93. The summed E-state index contributed by atoms with van der Waals surface area (Å²) in [7, 11) is 0. The van der Waals surface area contributed by atoms with Gasteiger partial charge in [-0.15, -0.1) is 0 Å². The number of nitrogens with one attached hydrogen (secondary N) is 1. The van der Waals surface area contributed by atoms with Gasteiger partial charge in [0.2, 0.25) is 5.91 Å². The molecule has 0 bridgehead atoms. The van der Waals surface area contributed by atoms with Crippen LogP contribution >= 0.6 is 0 Å². The van der Waals surface area contributed by atoms with Crippen molar-refractivity contribution in [2.75, 3.05) is 19.8 Å². The maximum Gasteiger partial charge on any atom is 0.230 e. The van der Waals surface area contributed by atoms with Crippen LogP contribution in [-0.2, 0) is 14.9 Å². The van der Waals surface area contributed by atoms with E-state index < -0.39 is 0 Å². The number of hydrogen-bond donors (Lipinski definition) is 1. The molecule has 0 spiro atoms. The number of amides is 1. The van der Waals surface area contributed by atoms with Gasteiger partial charge in [-0.3, -0.25) is 4.79 Å². The highest BCUT2D eigenvalue weighted by Crippen LogP contribution is 2.48. The predicted octanol–water partition coefficient (Wildman–Crippen LogP) is 2.57. The van der Waals surface area contributed by atoms with Crippen molar-refractivity contribution in [3.8, 4) is 0 Å². The van der Waals surface area contributed by atoms with E-state index in [1.165, 1.54) is 11.1 Å². The maximum atomic E-state index is 12.5. The van der Waals surface area contributed by atoms with Crippen LogP contribution in [-0.4, -0.2) is 25.7 Å². The van der Waals surface area contributed by atoms with Crippen molar-refractivity contribution < 1.29 is 9.53 Å². The summed E-state index contributed by atoms with van der Waals surface area (Å²) in [6, 6.07) is 8.36. The molecule has 1 N–H and O–H groups in total. The lowest BCUT2D eigenvalue weighted by Crippen LogP contribution is -2.39. The Morgan fingerprint density at radius 1 is 1.45 bits per heavy atom. The highest BCUT2D eigenvalue weighted by Gasteiger charge is 2.51. The molecule has 1 aromatic rings. The van der Waals surface area contributed by atoms with Gasteiger partial charge in [0.15, 0.2) is 0 Å². The van der Waals surface area contributed by atoms with Crippen LogP contribution in [0.4, 0.5) is 0 Å². The third-order valence-corrected chi connectivity index (χ3v) is 4.56. The summed E-state index contributed by atoms with van der Waals surface area (Å²) >= 11 is 0. The van der Waals surface area contributed by atoms with Crippen molar-refractivity contribution in [2.45, 2.75) is 38.0 Å². The molecule has 1 saturated heterocycles. The zero-order valence-corrected chi connectivity index (χ0v) is 12.2. The first kappa shape index (κ1) is 13.6. The molecular weight excluding hydrogens is 250 g/mol. The Hall–Kier alpha value is -1.35. The minimum Gasteiger partial charge on any atom is -0.381 e. The van der Waals surface area contributed by atoms with Crippen molar-refractivity contribution in [1.82, 2.24) is 5.32 Å². The Balaban J connectivity index is 1.61. The smallest absolute Gasteiger partial charge is 0.230 e. The van der Waals surface area contributed by atoms with Gasteiger partial charge in [-0.2, -0.15) is 0 Å². The Kier molecular flexibility index (Phi) is 3.79. The fourth-order valence-corrected chi connectivity index (χ4v) is 3.09. The second kappa shape index (κ2) is 5.57. The molecule has 3 nitrogen and oxygen atoms in total. The molecule has 1 aliphatic carbocycles. The number of carbonyl (C=O) groups is 1. The quantitative estimate of drug-likeness (QED) is 0.915. The molecule has 1 saturated carbocycles. The van der Waals surface area contributed by atoms with Gasteiger partial charge in [-0.05, 0) is 44.1 Å². The number of carbonyl (C=O) groups excluding carboxylic acids is 1. The van der Waals surface area contributed by atoms with Crippen LogP contribution in [0.5, 0.6) is 0 Å². The molecule has 0 aromatic heterocycles. The summed E-state index contributed by atoms with van der Waals surface area (Å²) in [6.45, 7) is 4.50. The SMILES string of the molecule is Cc1cccc(C2(C(=O)NCC3CCCOC3)CC2)c1. The molecule has 1 atom stereocenters. The standard InChI is InChI=1S/C17H23NO2/c1-13-4-2-6-15(10-13)17(7-8-17)16(19)18-11-14-5-3-9-20-12-14/h2,4,6,10,14H,3,5,7-9,11-12H2,1H3,(H,18,19). The molecular formula is C17H23NO2. The maximum absolute atomic E-state index is 12.5. The Bertz CT molecular complexity index is 488. The first-order valence-corrected chi connectivity index (χ1v) is 7.64. The Morgan fingerprint density at radius 3 is 2.95 bits per heavy atom. The van der Waals surface area contributed by atoms with Crippen LogP contribution in [0.3, 0.4) is 0 Å². The van der Waals surface area contributed by atoms with Crippen LogP contribution in [0.15, 0.2) is 24.3 Å². The van der Waals surface area contributed by atoms with Crippen molar-refractivity contribution in [3.63, 3.8) is 0 Å². The van der Waals surface area contributed by atoms with E-state index >= 15 is 0 Å². The van der Waals surface area contributed by atoms with E-state index in [1.54, 1.807) is 0 Å². The van der Waals surface area contributed by atoms with Crippen LogP contribution in [0.1, 0.15) is 36.8 Å². The number of aryl methyl sites for hydroxylation is 1. The van der Waals surface area contributed by atoms with Crippen LogP contribution < -0.4 is 5.32 Å². The fraction of sp³-hybridized carbons (Fsp3) is 0.588. The molecule has 3 rings (SSSR count). The van der Waals surface area contributed by atoms with Gasteiger partial charge >= 0.3 is 0 Å². The van der Waals surface area contributed by atoms with E-state index in [0.717, 1.165) is 45.4 Å².